The number of nitrogens with zero attached hydrogens (tertiary/aromatic N) is 1. The van der Waals surface area contributed by atoms with Gasteiger partial charge >= 0.3 is 0 Å². The van der Waals surface area contributed by atoms with Crippen LogP contribution >= 0.6 is 11.6 Å². The zero-order valence-electron chi connectivity index (χ0n) is 11.8. The van der Waals surface area contributed by atoms with Crippen molar-refractivity contribution in [1.82, 2.24) is 0 Å². The number of hydrogen-bond acceptors (Lipinski definition) is 4. The highest BCUT2D eigenvalue weighted by molar-refractivity contribution is 6.30. The molecule has 0 fully saturated rings. The summed E-state index contributed by atoms with van der Waals surface area (Å²) < 4.78 is 11.0. The predicted octanol–water partition coefficient (Wildman–Crippen LogP) is 4.13. The minimum Gasteiger partial charge on any atom is -0.496 e. The minimum absolute atomic E-state index is 0.357. The number of hydrogen-bond donors (Lipinski definition) is 1. The van der Waals surface area contributed by atoms with Gasteiger partial charge < -0.3 is 14.7 Å². The molecule has 0 aliphatic rings. The minimum atomic E-state index is 0.357. The average Bonchev–Trinajstić information content (AvgIpc) is 2.52. The summed E-state index contributed by atoms with van der Waals surface area (Å²) in [6.07, 6.45) is 0. The van der Waals surface area contributed by atoms with E-state index in [9.17, 15) is 0 Å². The molecule has 2 rings (SSSR count). The molecule has 0 bridgehead atoms. The highest BCUT2D eigenvalue weighted by Crippen LogP contribution is 2.24. The molecule has 1 N–H and O–H groups in total. The molecule has 0 atom stereocenters. The van der Waals surface area contributed by atoms with E-state index in [4.69, 9.17) is 26.3 Å². The van der Waals surface area contributed by atoms with E-state index in [1.807, 2.05) is 36.4 Å². The Balaban J connectivity index is 2.08. The first-order chi connectivity index (χ1) is 10.1. The fraction of sp³-hybridized carbons (Fsp3) is 0.188. The molecule has 0 aliphatic heterocycles. The second kappa shape index (κ2) is 6.99. The number of methoxy groups -OCH3 is 1. The molecular formula is C16H16ClNO3. The van der Waals surface area contributed by atoms with Gasteiger partial charge in [0.15, 0.2) is 0 Å². The van der Waals surface area contributed by atoms with Crippen molar-refractivity contribution in [1.29, 1.82) is 0 Å². The van der Waals surface area contributed by atoms with E-state index in [1.54, 1.807) is 20.1 Å². The molecule has 5 heteroatoms. The van der Waals surface area contributed by atoms with Gasteiger partial charge in [0.2, 0.25) is 0 Å². The van der Waals surface area contributed by atoms with Crippen molar-refractivity contribution in [2.24, 2.45) is 5.16 Å². The average molecular weight is 306 g/mol. The number of benzene rings is 2. The smallest absolute Gasteiger partial charge is 0.125 e. The largest absolute Gasteiger partial charge is 0.496 e. The zero-order chi connectivity index (χ0) is 15.2. The summed E-state index contributed by atoms with van der Waals surface area (Å²) in [6, 6.07) is 12.7. The zero-order valence-corrected chi connectivity index (χ0v) is 12.6. The molecule has 0 spiro atoms. The number of halogens is 1. The van der Waals surface area contributed by atoms with E-state index in [0.29, 0.717) is 23.1 Å². The highest BCUT2D eigenvalue weighted by atomic mass is 35.5. The third-order valence-corrected chi connectivity index (χ3v) is 3.29. The quantitative estimate of drug-likeness (QED) is 0.513. The maximum absolute atomic E-state index is 8.72. The van der Waals surface area contributed by atoms with Gasteiger partial charge in [0.05, 0.1) is 12.8 Å². The predicted molar refractivity (Wildman–Crippen MR) is 82.8 cm³/mol. The van der Waals surface area contributed by atoms with Crippen molar-refractivity contribution in [3.63, 3.8) is 0 Å². The molecule has 0 unspecified atom stereocenters. The molecule has 2 aromatic rings. The maximum atomic E-state index is 8.72. The SMILES string of the molecule is COc1ccc(Cl)cc1COc1ccc(/C(C)=N/O)cc1. The molecule has 0 radical (unpaired) electrons. The third kappa shape index (κ3) is 3.89. The standard InChI is InChI=1S/C16H16ClNO3/c1-11(18-19)12-3-6-15(7-4-12)21-10-13-9-14(17)5-8-16(13)20-2/h3-9,19H,10H2,1-2H3/b18-11+. The molecule has 0 amide bonds. The van der Waals surface area contributed by atoms with Crippen LogP contribution in [0.3, 0.4) is 0 Å². The molecule has 0 heterocycles. The van der Waals surface area contributed by atoms with Gasteiger partial charge in [0, 0.05) is 10.6 Å². The van der Waals surface area contributed by atoms with Crippen molar-refractivity contribution in [3.8, 4) is 11.5 Å². The van der Waals surface area contributed by atoms with Crippen molar-refractivity contribution in [3.05, 3.63) is 58.6 Å². The van der Waals surface area contributed by atoms with Gasteiger partial charge in [-0.05, 0) is 55.0 Å². The van der Waals surface area contributed by atoms with E-state index < -0.39 is 0 Å². The van der Waals surface area contributed by atoms with Crippen LogP contribution in [0.1, 0.15) is 18.1 Å². The molecule has 2 aromatic carbocycles. The van der Waals surface area contributed by atoms with Crippen LogP contribution in [-0.2, 0) is 6.61 Å². The van der Waals surface area contributed by atoms with Crippen LogP contribution in [0, 0.1) is 0 Å². The van der Waals surface area contributed by atoms with Crippen LogP contribution in [0.25, 0.3) is 0 Å². The fourth-order valence-corrected chi connectivity index (χ4v) is 2.07. The summed E-state index contributed by atoms with van der Waals surface area (Å²) in [7, 11) is 1.61. The summed E-state index contributed by atoms with van der Waals surface area (Å²) in [6.45, 7) is 2.09. The van der Waals surface area contributed by atoms with Crippen LogP contribution < -0.4 is 9.47 Å². The monoisotopic (exact) mass is 305 g/mol. The van der Waals surface area contributed by atoms with Crippen LogP contribution in [0.4, 0.5) is 0 Å². The van der Waals surface area contributed by atoms with E-state index in [2.05, 4.69) is 5.16 Å². The lowest BCUT2D eigenvalue weighted by Gasteiger charge is -2.11. The van der Waals surface area contributed by atoms with Gasteiger partial charge in [-0.3, -0.25) is 0 Å². The molecule has 4 nitrogen and oxygen atoms in total. The van der Waals surface area contributed by atoms with E-state index in [1.165, 1.54) is 0 Å². The van der Waals surface area contributed by atoms with Crippen molar-refractivity contribution < 1.29 is 14.7 Å². The second-order valence-electron chi connectivity index (χ2n) is 4.45. The summed E-state index contributed by atoms with van der Waals surface area (Å²) in [5, 5.41) is 12.5. The van der Waals surface area contributed by atoms with E-state index >= 15 is 0 Å². The lowest BCUT2D eigenvalue weighted by molar-refractivity contribution is 0.296. The first kappa shape index (κ1) is 15.2. The van der Waals surface area contributed by atoms with Crippen LogP contribution in [0.15, 0.2) is 47.6 Å². The molecule has 0 saturated carbocycles. The van der Waals surface area contributed by atoms with Crippen molar-refractivity contribution in [2.75, 3.05) is 7.11 Å². The molecule has 110 valence electrons. The summed E-state index contributed by atoms with van der Waals surface area (Å²) in [5.41, 5.74) is 2.27. The van der Waals surface area contributed by atoms with Gasteiger partial charge in [-0.15, -0.1) is 0 Å². The second-order valence-corrected chi connectivity index (χ2v) is 4.89. The summed E-state index contributed by atoms with van der Waals surface area (Å²) in [5.74, 6) is 1.45. The Hall–Kier alpha value is -2.20. The Labute approximate surface area is 128 Å². The Kier molecular flexibility index (Phi) is 5.06. The Morgan fingerprint density at radius 1 is 1.19 bits per heavy atom. The van der Waals surface area contributed by atoms with Gasteiger partial charge in [-0.2, -0.15) is 0 Å². The van der Waals surface area contributed by atoms with Crippen LogP contribution in [0.2, 0.25) is 5.02 Å². The molecule has 0 saturated heterocycles. The van der Waals surface area contributed by atoms with Gasteiger partial charge in [-0.1, -0.05) is 16.8 Å². The molecule has 21 heavy (non-hydrogen) atoms. The van der Waals surface area contributed by atoms with Gasteiger partial charge in [0.1, 0.15) is 18.1 Å². The first-order valence-electron chi connectivity index (χ1n) is 6.38. The maximum Gasteiger partial charge on any atom is 0.125 e. The van der Waals surface area contributed by atoms with Gasteiger partial charge in [0.25, 0.3) is 0 Å². The fourth-order valence-electron chi connectivity index (χ4n) is 1.87. The highest BCUT2D eigenvalue weighted by Gasteiger charge is 2.05. The Morgan fingerprint density at radius 3 is 2.52 bits per heavy atom. The summed E-state index contributed by atoms with van der Waals surface area (Å²) >= 11 is 5.98. The van der Waals surface area contributed by atoms with Crippen LogP contribution in [-0.4, -0.2) is 18.0 Å². The molecule has 0 aromatic heterocycles. The first-order valence-corrected chi connectivity index (χ1v) is 6.76. The molecular weight excluding hydrogens is 290 g/mol. The Morgan fingerprint density at radius 2 is 1.90 bits per heavy atom. The van der Waals surface area contributed by atoms with E-state index in [0.717, 1.165) is 16.9 Å². The lowest BCUT2D eigenvalue weighted by atomic mass is 10.1. The summed E-state index contributed by atoms with van der Waals surface area (Å²) in [4.78, 5) is 0. The third-order valence-electron chi connectivity index (χ3n) is 3.06. The van der Waals surface area contributed by atoms with Gasteiger partial charge in [-0.25, -0.2) is 0 Å². The van der Waals surface area contributed by atoms with E-state index in [-0.39, 0.29) is 0 Å². The normalized spacial score (nSPS) is 11.3. The number of ether oxygens (including phenoxy) is 2. The topological polar surface area (TPSA) is 51.0 Å². The van der Waals surface area contributed by atoms with Crippen LogP contribution in [0.5, 0.6) is 11.5 Å². The molecule has 0 aliphatic carbocycles. The van der Waals surface area contributed by atoms with Crippen molar-refractivity contribution >= 4 is 17.3 Å². The number of oxime groups is 1. The lowest BCUT2D eigenvalue weighted by Crippen LogP contribution is -1.99. The van der Waals surface area contributed by atoms with Crippen molar-refractivity contribution in [2.45, 2.75) is 13.5 Å². The Bertz CT molecular complexity index is 638. The number of rotatable bonds is 5.